The second-order valence-corrected chi connectivity index (χ2v) is 4.67. The minimum Gasteiger partial charge on any atom is -0.207 e. The highest BCUT2D eigenvalue weighted by atomic mass is 19.1. The zero-order chi connectivity index (χ0) is 10.6. The molecule has 0 N–H and O–H groups in total. The van der Waals surface area contributed by atoms with Gasteiger partial charge in [0.2, 0.25) is 0 Å². The average molecular weight is 182 g/mol. The number of halogens is 1. The van der Waals surface area contributed by atoms with Crippen LogP contribution in [-0.4, -0.2) is 0 Å². The summed E-state index contributed by atoms with van der Waals surface area (Å²) < 4.78 is 13.1. The van der Waals surface area contributed by atoms with Crippen molar-refractivity contribution in [3.05, 3.63) is 36.2 Å². The van der Waals surface area contributed by atoms with Crippen molar-refractivity contribution in [2.45, 2.75) is 34.1 Å². The lowest BCUT2D eigenvalue weighted by molar-refractivity contribution is 0.413. The van der Waals surface area contributed by atoms with E-state index in [0.29, 0.717) is 5.57 Å². The molecule has 0 aliphatic heterocycles. The predicted octanol–water partition coefficient (Wildman–Crippen LogP) is 4.41. The highest BCUT2D eigenvalue weighted by Crippen LogP contribution is 2.25. The third kappa shape index (κ3) is 6.32. The molecular weight excluding hydrogens is 163 g/mol. The van der Waals surface area contributed by atoms with Crippen molar-refractivity contribution in [2.75, 3.05) is 0 Å². The van der Waals surface area contributed by atoms with Crippen LogP contribution in [0.15, 0.2) is 36.2 Å². The molecule has 0 atom stereocenters. The Kier molecular flexibility index (Phi) is 4.12. The van der Waals surface area contributed by atoms with Crippen LogP contribution >= 0.6 is 0 Å². The molecule has 74 valence electrons. The van der Waals surface area contributed by atoms with Gasteiger partial charge in [-0.05, 0) is 30.4 Å². The summed E-state index contributed by atoms with van der Waals surface area (Å²) in [6.07, 6.45) is 2.27. The summed E-state index contributed by atoms with van der Waals surface area (Å²) in [5, 5.41) is 0. The molecule has 0 radical (unpaired) electrons. The Labute approximate surface area is 80.9 Å². The normalized spacial score (nSPS) is 12.8. The molecule has 0 saturated carbocycles. The second-order valence-electron chi connectivity index (χ2n) is 4.67. The van der Waals surface area contributed by atoms with Crippen molar-refractivity contribution in [3.63, 3.8) is 0 Å². The molecule has 0 bridgehead atoms. The monoisotopic (exact) mass is 182 g/mol. The third-order valence-electron chi connectivity index (χ3n) is 1.50. The summed E-state index contributed by atoms with van der Waals surface area (Å²) in [6.45, 7) is 15.3. The molecule has 1 heteroatoms. The minimum absolute atomic E-state index is 0.156. The smallest absolute Gasteiger partial charge is 0.125 e. The van der Waals surface area contributed by atoms with Crippen molar-refractivity contribution in [1.29, 1.82) is 0 Å². The number of hydrogen-bond acceptors (Lipinski definition) is 0. The highest BCUT2D eigenvalue weighted by Gasteiger charge is 2.11. The standard InChI is InChI=1S/C12H19F/c1-9(2)11(13)7-10(3)8-12(4,5)6/h7H,1,3,8H2,2,4-6H3/b11-7+. The Bertz CT molecular complexity index is 238. The van der Waals surface area contributed by atoms with Crippen molar-refractivity contribution >= 4 is 0 Å². The van der Waals surface area contributed by atoms with E-state index >= 15 is 0 Å². The van der Waals surface area contributed by atoms with Gasteiger partial charge in [-0.1, -0.05) is 39.5 Å². The first-order valence-electron chi connectivity index (χ1n) is 4.43. The molecule has 13 heavy (non-hydrogen) atoms. The molecule has 0 amide bonds. The molecule has 0 nitrogen and oxygen atoms in total. The van der Waals surface area contributed by atoms with Crippen molar-refractivity contribution in [1.82, 2.24) is 0 Å². The fraction of sp³-hybridized carbons (Fsp3) is 0.500. The first-order chi connectivity index (χ1) is 5.72. The van der Waals surface area contributed by atoms with Crippen LogP contribution in [0.25, 0.3) is 0 Å². The lowest BCUT2D eigenvalue weighted by atomic mass is 9.88. The summed E-state index contributed by atoms with van der Waals surface area (Å²) in [7, 11) is 0. The molecule has 0 aromatic rings. The van der Waals surface area contributed by atoms with Crippen molar-refractivity contribution < 1.29 is 4.39 Å². The largest absolute Gasteiger partial charge is 0.207 e. The van der Waals surface area contributed by atoms with Crippen LogP contribution in [-0.2, 0) is 0 Å². The molecule has 0 rings (SSSR count). The van der Waals surface area contributed by atoms with Gasteiger partial charge in [0.25, 0.3) is 0 Å². The lowest BCUT2D eigenvalue weighted by Crippen LogP contribution is -2.04. The SMILES string of the molecule is C=C(/C=C(/F)C(=C)C)CC(C)(C)C. The van der Waals surface area contributed by atoms with E-state index in [1.54, 1.807) is 6.92 Å². The number of hydrogen-bond donors (Lipinski definition) is 0. The summed E-state index contributed by atoms with van der Waals surface area (Å²) in [5.41, 5.74) is 1.42. The van der Waals surface area contributed by atoms with Gasteiger partial charge in [0, 0.05) is 0 Å². The molecule has 0 fully saturated rings. The van der Waals surface area contributed by atoms with E-state index in [0.717, 1.165) is 12.0 Å². The van der Waals surface area contributed by atoms with Crippen LogP contribution in [0.3, 0.4) is 0 Å². The van der Waals surface area contributed by atoms with Gasteiger partial charge >= 0.3 is 0 Å². The van der Waals surface area contributed by atoms with Crippen LogP contribution in [0, 0.1) is 5.41 Å². The Morgan fingerprint density at radius 3 is 2.08 bits per heavy atom. The van der Waals surface area contributed by atoms with Gasteiger partial charge in [-0.3, -0.25) is 0 Å². The maximum Gasteiger partial charge on any atom is 0.125 e. The predicted molar refractivity (Wildman–Crippen MR) is 57.2 cm³/mol. The van der Waals surface area contributed by atoms with Gasteiger partial charge in [-0.2, -0.15) is 0 Å². The van der Waals surface area contributed by atoms with Gasteiger partial charge in [0.05, 0.1) is 0 Å². The molecule has 0 aliphatic carbocycles. The van der Waals surface area contributed by atoms with Crippen molar-refractivity contribution in [3.8, 4) is 0 Å². The van der Waals surface area contributed by atoms with E-state index in [4.69, 9.17) is 0 Å². The Morgan fingerprint density at radius 1 is 1.31 bits per heavy atom. The second kappa shape index (κ2) is 4.40. The first-order valence-corrected chi connectivity index (χ1v) is 4.43. The zero-order valence-corrected chi connectivity index (χ0v) is 9.08. The van der Waals surface area contributed by atoms with Gasteiger partial charge in [0.1, 0.15) is 5.83 Å². The maximum absolute atomic E-state index is 13.1. The fourth-order valence-corrected chi connectivity index (χ4v) is 1.03. The van der Waals surface area contributed by atoms with Crippen LogP contribution in [0.2, 0.25) is 0 Å². The average Bonchev–Trinajstić information content (AvgIpc) is 1.81. The summed E-state index contributed by atoms with van der Waals surface area (Å²) in [4.78, 5) is 0. The Balaban J connectivity index is 4.32. The molecule has 0 unspecified atom stereocenters. The van der Waals surface area contributed by atoms with E-state index in [2.05, 4.69) is 33.9 Å². The molecule has 0 aromatic heterocycles. The molecule has 0 saturated heterocycles. The maximum atomic E-state index is 13.1. The lowest BCUT2D eigenvalue weighted by Gasteiger charge is -2.17. The van der Waals surface area contributed by atoms with Crippen molar-refractivity contribution in [2.24, 2.45) is 5.41 Å². The number of allylic oxidation sites excluding steroid dienone is 4. The third-order valence-corrected chi connectivity index (χ3v) is 1.50. The minimum atomic E-state index is -0.269. The summed E-state index contributed by atoms with van der Waals surface area (Å²) >= 11 is 0. The Hall–Kier alpha value is -0.850. The van der Waals surface area contributed by atoms with Gasteiger partial charge in [-0.25, -0.2) is 4.39 Å². The topological polar surface area (TPSA) is 0 Å². The van der Waals surface area contributed by atoms with E-state index in [-0.39, 0.29) is 11.2 Å². The van der Waals surface area contributed by atoms with Crippen LogP contribution in [0.5, 0.6) is 0 Å². The molecule has 0 spiro atoms. The van der Waals surface area contributed by atoms with E-state index in [1.807, 2.05) is 0 Å². The van der Waals surface area contributed by atoms with E-state index in [9.17, 15) is 4.39 Å². The van der Waals surface area contributed by atoms with E-state index < -0.39 is 0 Å². The zero-order valence-electron chi connectivity index (χ0n) is 9.08. The highest BCUT2D eigenvalue weighted by molar-refractivity contribution is 5.28. The van der Waals surface area contributed by atoms with Crippen LogP contribution < -0.4 is 0 Å². The fourth-order valence-electron chi connectivity index (χ4n) is 1.03. The van der Waals surface area contributed by atoms with Crippen LogP contribution in [0.4, 0.5) is 4.39 Å². The first kappa shape index (κ1) is 12.2. The quantitative estimate of drug-likeness (QED) is 0.567. The molecule has 0 aromatic carbocycles. The molecule has 0 heterocycles. The molecular formula is C12H19F. The Morgan fingerprint density at radius 2 is 1.77 bits per heavy atom. The van der Waals surface area contributed by atoms with E-state index in [1.165, 1.54) is 6.08 Å². The summed E-state index contributed by atoms with van der Waals surface area (Å²) in [5.74, 6) is -0.269. The molecule has 0 aliphatic rings. The van der Waals surface area contributed by atoms with Crippen LogP contribution in [0.1, 0.15) is 34.1 Å². The number of rotatable bonds is 3. The van der Waals surface area contributed by atoms with Gasteiger partial charge < -0.3 is 0 Å². The van der Waals surface area contributed by atoms with Gasteiger partial charge in [0.15, 0.2) is 0 Å². The summed E-state index contributed by atoms with van der Waals surface area (Å²) in [6, 6.07) is 0. The van der Waals surface area contributed by atoms with Gasteiger partial charge in [-0.15, -0.1) is 0 Å².